The van der Waals surface area contributed by atoms with Crippen LogP contribution < -0.4 is 15.4 Å². The maximum atomic E-state index is 11.5. The number of carbonyl (C=O) groups excluding carboxylic acids is 1. The lowest BCUT2D eigenvalue weighted by molar-refractivity contribution is -0.123. The predicted molar refractivity (Wildman–Crippen MR) is 73.0 cm³/mol. The maximum absolute atomic E-state index is 11.5. The van der Waals surface area contributed by atoms with Crippen LogP contribution in [0.3, 0.4) is 0 Å². The molecule has 102 valence electrons. The van der Waals surface area contributed by atoms with Crippen molar-refractivity contribution in [3.05, 3.63) is 29.8 Å². The van der Waals surface area contributed by atoms with Crippen molar-refractivity contribution in [3.63, 3.8) is 0 Å². The molecule has 0 bridgehead atoms. The van der Waals surface area contributed by atoms with E-state index in [1.165, 1.54) is 18.4 Å². The molecule has 1 aromatic carbocycles. The van der Waals surface area contributed by atoms with Crippen molar-refractivity contribution in [2.45, 2.75) is 44.3 Å². The fourth-order valence-electron chi connectivity index (χ4n) is 1.94. The van der Waals surface area contributed by atoms with Gasteiger partial charge in [0.2, 0.25) is 0 Å². The average molecular weight is 260 g/mol. The first kappa shape index (κ1) is 12.5. The molecular weight excluding hydrogens is 240 g/mol. The minimum Gasteiger partial charge on any atom is -0.484 e. The molecule has 0 heterocycles. The van der Waals surface area contributed by atoms with Crippen LogP contribution in [0, 0.1) is 0 Å². The van der Waals surface area contributed by atoms with Gasteiger partial charge in [0.1, 0.15) is 5.75 Å². The second-order valence-electron chi connectivity index (χ2n) is 5.43. The molecule has 2 saturated carbocycles. The lowest BCUT2D eigenvalue weighted by atomic mass is 10.2. The lowest BCUT2D eigenvalue weighted by Gasteiger charge is -2.09. The summed E-state index contributed by atoms with van der Waals surface area (Å²) in [6.07, 6.45) is 4.79. The van der Waals surface area contributed by atoms with Crippen molar-refractivity contribution in [1.29, 1.82) is 0 Å². The standard InChI is InChI=1S/C15H20N2O2/c18-15(17-13-6-7-13)10-19-14-3-1-2-11(8-14)9-16-12-4-5-12/h1-3,8,12-13,16H,4-7,9-10H2,(H,17,18). The van der Waals surface area contributed by atoms with Gasteiger partial charge in [-0.05, 0) is 43.4 Å². The van der Waals surface area contributed by atoms with Crippen LogP contribution in [0.5, 0.6) is 5.75 Å². The van der Waals surface area contributed by atoms with E-state index in [1.54, 1.807) is 0 Å². The van der Waals surface area contributed by atoms with Gasteiger partial charge in [-0.25, -0.2) is 0 Å². The molecule has 2 aliphatic rings. The van der Waals surface area contributed by atoms with Crippen LogP contribution in [0.4, 0.5) is 0 Å². The van der Waals surface area contributed by atoms with Crippen molar-refractivity contribution in [2.24, 2.45) is 0 Å². The van der Waals surface area contributed by atoms with Crippen molar-refractivity contribution >= 4 is 5.91 Å². The second kappa shape index (κ2) is 5.61. The topological polar surface area (TPSA) is 50.4 Å². The Balaban J connectivity index is 1.45. The molecule has 4 heteroatoms. The number of nitrogens with one attached hydrogen (secondary N) is 2. The van der Waals surface area contributed by atoms with E-state index >= 15 is 0 Å². The van der Waals surface area contributed by atoms with E-state index in [-0.39, 0.29) is 12.5 Å². The van der Waals surface area contributed by atoms with E-state index < -0.39 is 0 Å². The highest BCUT2D eigenvalue weighted by molar-refractivity contribution is 5.78. The third kappa shape index (κ3) is 4.24. The van der Waals surface area contributed by atoms with Crippen LogP contribution in [-0.4, -0.2) is 24.6 Å². The molecule has 2 N–H and O–H groups in total. The van der Waals surface area contributed by atoms with Gasteiger partial charge in [-0.2, -0.15) is 0 Å². The first-order valence-electron chi connectivity index (χ1n) is 7.04. The summed E-state index contributed by atoms with van der Waals surface area (Å²) in [5.74, 6) is 0.741. The van der Waals surface area contributed by atoms with Crippen molar-refractivity contribution in [1.82, 2.24) is 10.6 Å². The van der Waals surface area contributed by atoms with Gasteiger partial charge in [-0.15, -0.1) is 0 Å². The number of hydrogen-bond donors (Lipinski definition) is 2. The Morgan fingerprint density at radius 2 is 2.00 bits per heavy atom. The number of benzene rings is 1. The quantitative estimate of drug-likeness (QED) is 0.783. The molecule has 0 aromatic heterocycles. The summed E-state index contributed by atoms with van der Waals surface area (Å²) in [5, 5.41) is 6.38. The van der Waals surface area contributed by atoms with Gasteiger partial charge in [-0.1, -0.05) is 12.1 Å². The largest absolute Gasteiger partial charge is 0.484 e. The Hall–Kier alpha value is -1.55. The summed E-state index contributed by atoms with van der Waals surface area (Å²) in [4.78, 5) is 11.5. The Morgan fingerprint density at radius 1 is 1.21 bits per heavy atom. The van der Waals surface area contributed by atoms with E-state index in [2.05, 4.69) is 16.7 Å². The first-order valence-corrected chi connectivity index (χ1v) is 7.04. The summed E-state index contributed by atoms with van der Waals surface area (Å²) in [7, 11) is 0. The van der Waals surface area contributed by atoms with Gasteiger partial charge >= 0.3 is 0 Å². The molecule has 19 heavy (non-hydrogen) atoms. The summed E-state index contributed by atoms with van der Waals surface area (Å²) in [5.41, 5.74) is 1.20. The SMILES string of the molecule is O=C(COc1cccc(CNC2CC2)c1)NC1CC1. The fraction of sp³-hybridized carbons (Fsp3) is 0.533. The Morgan fingerprint density at radius 3 is 2.74 bits per heavy atom. The molecule has 0 spiro atoms. The van der Waals surface area contributed by atoms with Crippen LogP contribution >= 0.6 is 0 Å². The van der Waals surface area contributed by atoms with Gasteiger partial charge in [-0.3, -0.25) is 4.79 Å². The predicted octanol–water partition coefficient (Wildman–Crippen LogP) is 1.60. The number of ether oxygens (including phenoxy) is 1. The smallest absolute Gasteiger partial charge is 0.258 e. The maximum Gasteiger partial charge on any atom is 0.258 e. The molecule has 4 nitrogen and oxygen atoms in total. The van der Waals surface area contributed by atoms with Crippen LogP contribution in [0.15, 0.2) is 24.3 Å². The molecule has 1 aromatic rings. The van der Waals surface area contributed by atoms with Gasteiger partial charge in [0.15, 0.2) is 6.61 Å². The van der Waals surface area contributed by atoms with Crippen molar-refractivity contribution < 1.29 is 9.53 Å². The third-order valence-electron chi connectivity index (χ3n) is 3.38. The third-order valence-corrected chi connectivity index (χ3v) is 3.38. The normalized spacial score (nSPS) is 18.1. The van der Waals surface area contributed by atoms with E-state index in [0.717, 1.165) is 25.1 Å². The average Bonchev–Trinajstić information content (AvgIpc) is 3.29. The van der Waals surface area contributed by atoms with Crippen LogP contribution in [-0.2, 0) is 11.3 Å². The second-order valence-corrected chi connectivity index (χ2v) is 5.43. The van der Waals surface area contributed by atoms with E-state index in [1.807, 2.05) is 18.2 Å². The van der Waals surface area contributed by atoms with Crippen LogP contribution in [0.2, 0.25) is 0 Å². The number of amides is 1. The Bertz CT molecular complexity index is 453. The minimum absolute atomic E-state index is 0.0241. The highest BCUT2D eigenvalue weighted by atomic mass is 16.5. The van der Waals surface area contributed by atoms with Crippen molar-refractivity contribution in [3.8, 4) is 5.75 Å². The van der Waals surface area contributed by atoms with Crippen LogP contribution in [0.25, 0.3) is 0 Å². The molecule has 0 atom stereocenters. The zero-order chi connectivity index (χ0) is 13.1. The van der Waals surface area contributed by atoms with E-state index in [0.29, 0.717) is 12.1 Å². The Kier molecular flexibility index (Phi) is 3.69. The summed E-state index contributed by atoms with van der Waals surface area (Å²) < 4.78 is 5.52. The molecule has 0 aliphatic heterocycles. The molecule has 2 fully saturated rings. The van der Waals surface area contributed by atoms with Gasteiger partial charge in [0.25, 0.3) is 5.91 Å². The molecule has 1 amide bonds. The molecule has 3 rings (SSSR count). The highest BCUT2D eigenvalue weighted by Crippen LogP contribution is 2.20. The number of rotatable bonds is 7. The monoisotopic (exact) mass is 260 g/mol. The molecule has 0 unspecified atom stereocenters. The Labute approximate surface area is 113 Å². The van der Waals surface area contributed by atoms with Crippen LogP contribution in [0.1, 0.15) is 31.2 Å². The summed E-state index contributed by atoms with van der Waals surface area (Å²) in [6, 6.07) is 9.04. The van der Waals surface area contributed by atoms with E-state index in [9.17, 15) is 4.79 Å². The van der Waals surface area contributed by atoms with Gasteiger partial charge in [0.05, 0.1) is 0 Å². The molecular formula is C15H20N2O2. The molecule has 0 radical (unpaired) electrons. The zero-order valence-corrected chi connectivity index (χ0v) is 11.0. The molecule has 2 aliphatic carbocycles. The number of hydrogen-bond acceptors (Lipinski definition) is 3. The van der Waals surface area contributed by atoms with Gasteiger partial charge < -0.3 is 15.4 Å². The molecule has 0 saturated heterocycles. The van der Waals surface area contributed by atoms with Gasteiger partial charge in [0, 0.05) is 18.6 Å². The summed E-state index contributed by atoms with van der Waals surface area (Å²) >= 11 is 0. The fourth-order valence-corrected chi connectivity index (χ4v) is 1.94. The van der Waals surface area contributed by atoms with E-state index in [4.69, 9.17) is 4.74 Å². The lowest BCUT2D eigenvalue weighted by Crippen LogP contribution is -2.30. The van der Waals surface area contributed by atoms with Crippen molar-refractivity contribution in [2.75, 3.05) is 6.61 Å². The minimum atomic E-state index is -0.0241. The first-order chi connectivity index (χ1) is 9.29. The highest BCUT2D eigenvalue weighted by Gasteiger charge is 2.23. The zero-order valence-electron chi connectivity index (χ0n) is 11.0. The summed E-state index contributed by atoms with van der Waals surface area (Å²) in [6.45, 7) is 0.978. The number of carbonyl (C=O) groups is 1.